The molecule has 1 atom stereocenters. The third-order valence-electron chi connectivity index (χ3n) is 4.97. The molecule has 0 amide bonds. The smallest absolute Gasteiger partial charge is 0.337 e. The Morgan fingerprint density at radius 2 is 1.90 bits per heavy atom. The summed E-state index contributed by atoms with van der Waals surface area (Å²) in [6.07, 6.45) is -3.40. The third kappa shape index (κ3) is 3.84. The quantitative estimate of drug-likeness (QED) is 0.597. The number of aryl methyl sites for hydroxylation is 1. The topological polar surface area (TPSA) is 76.3 Å². The van der Waals surface area contributed by atoms with Gasteiger partial charge in [0, 0.05) is 12.1 Å². The number of nitrogens with zero attached hydrogens (tertiary/aromatic N) is 3. The Morgan fingerprint density at radius 1 is 1.13 bits per heavy atom. The largest absolute Gasteiger partial charge is 0.416 e. The van der Waals surface area contributed by atoms with E-state index >= 15 is 0 Å². The molecule has 3 aromatic rings. The lowest BCUT2D eigenvalue weighted by Gasteiger charge is -2.21. The number of hydrogen-bond donors (Lipinski definition) is 0. The molecule has 2 aromatic carbocycles. The van der Waals surface area contributed by atoms with Crippen molar-refractivity contribution in [2.75, 3.05) is 6.54 Å². The summed E-state index contributed by atoms with van der Waals surface area (Å²) in [6.45, 7) is 2.10. The van der Waals surface area contributed by atoms with Crippen LogP contribution in [-0.4, -0.2) is 29.4 Å². The van der Waals surface area contributed by atoms with Crippen LogP contribution in [0.2, 0.25) is 0 Å². The summed E-state index contributed by atoms with van der Waals surface area (Å²) >= 11 is 0. The van der Waals surface area contributed by atoms with Gasteiger partial charge in [-0.2, -0.15) is 22.5 Å². The molecule has 30 heavy (non-hydrogen) atoms. The van der Waals surface area contributed by atoms with Crippen LogP contribution in [0.3, 0.4) is 0 Å². The Kier molecular flexibility index (Phi) is 5.15. The normalized spacial score (nSPS) is 18.1. The summed E-state index contributed by atoms with van der Waals surface area (Å²) in [5.74, 6) is 0.0482. The molecular formula is C20H18F3N3O3S. The fourth-order valence-electron chi connectivity index (χ4n) is 3.51. The Labute approximate surface area is 171 Å². The van der Waals surface area contributed by atoms with Gasteiger partial charge in [-0.15, -0.1) is 0 Å². The second-order valence-electron chi connectivity index (χ2n) is 7.13. The lowest BCUT2D eigenvalue weighted by Crippen LogP contribution is -2.30. The van der Waals surface area contributed by atoms with Crippen molar-refractivity contribution in [3.63, 3.8) is 0 Å². The summed E-state index contributed by atoms with van der Waals surface area (Å²) in [7, 11) is -3.78. The molecule has 2 heterocycles. The van der Waals surface area contributed by atoms with Gasteiger partial charge >= 0.3 is 6.18 Å². The molecule has 1 unspecified atom stereocenters. The molecule has 1 saturated heterocycles. The van der Waals surface area contributed by atoms with E-state index in [1.807, 2.05) is 0 Å². The zero-order valence-electron chi connectivity index (χ0n) is 15.9. The van der Waals surface area contributed by atoms with Crippen LogP contribution in [0.5, 0.6) is 0 Å². The first kappa shape index (κ1) is 20.5. The van der Waals surface area contributed by atoms with E-state index < -0.39 is 27.8 Å². The van der Waals surface area contributed by atoms with Gasteiger partial charge in [-0.05, 0) is 49.6 Å². The second kappa shape index (κ2) is 7.51. The minimum atomic E-state index is -4.49. The van der Waals surface area contributed by atoms with Crippen LogP contribution >= 0.6 is 0 Å². The number of sulfonamides is 1. The standard InChI is InChI=1S/C20H18F3N3O3S/c1-13-5-2-8-16(11-13)30(27,28)26-10-4-9-17(26)19-24-18(25-29-19)14-6-3-7-15(12-14)20(21,22)23/h2-3,5-8,11-12,17H,4,9-10H2,1H3. The molecule has 0 radical (unpaired) electrons. The van der Waals surface area contributed by atoms with Crippen LogP contribution in [0.25, 0.3) is 11.4 Å². The highest BCUT2D eigenvalue weighted by Gasteiger charge is 2.39. The number of alkyl halides is 3. The Bertz CT molecular complexity index is 1180. The van der Waals surface area contributed by atoms with Crippen LogP contribution in [0.15, 0.2) is 57.9 Å². The predicted octanol–water partition coefficient (Wildman–Crippen LogP) is 4.59. The third-order valence-corrected chi connectivity index (χ3v) is 6.88. The molecule has 6 nitrogen and oxygen atoms in total. The highest BCUT2D eigenvalue weighted by Crippen LogP contribution is 2.37. The molecule has 0 N–H and O–H groups in total. The zero-order chi connectivity index (χ0) is 21.5. The molecule has 0 spiro atoms. The van der Waals surface area contributed by atoms with Crippen molar-refractivity contribution in [1.82, 2.24) is 14.4 Å². The van der Waals surface area contributed by atoms with Crippen molar-refractivity contribution < 1.29 is 26.1 Å². The van der Waals surface area contributed by atoms with Crippen LogP contribution in [0, 0.1) is 6.92 Å². The van der Waals surface area contributed by atoms with E-state index in [-0.39, 0.29) is 22.2 Å². The van der Waals surface area contributed by atoms with Crippen molar-refractivity contribution in [3.8, 4) is 11.4 Å². The Hall–Kier alpha value is -2.72. The van der Waals surface area contributed by atoms with Crippen molar-refractivity contribution in [2.24, 2.45) is 0 Å². The summed E-state index contributed by atoms with van der Waals surface area (Å²) in [5.41, 5.74) is 0.137. The molecule has 158 valence electrons. The molecule has 1 aliphatic heterocycles. The average Bonchev–Trinajstić information content (AvgIpc) is 3.37. The molecule has 1 fully saturated rings. The summed E-state index contributed by atoms with van der Waals surface area (Å²) in [5, 5.41) is 3.78. The first-order chi connectivity index (χ1) is 14.2. The van der Waals surface area contributed by atoms with Gasteiger partial charge in [-0.3, -0.25) is 0 Å². The van der Waals surface area contributed by atoms with Gasteiger partial charge in [0.25, 0.3) is 0 Å². The van der Waals surface area contributed by atoms with Gasteiger partial charge < -0.3 is 4.52 Å². The summed E-state index contributed by atoms with van der Waals surface area (Å²) in [6, 6.07) is 10.5. The van der Waals surface area contributed by atoms with E-state index in [0.29, 0.717) is 19.4 Å². The van der Waals surface area contributed by atoms with Crippen molar-refractivity contribution >= 4 is 10.0 Å². The maximum atomic E-state index is 13.1. The van der Waals surface area contributed by atoms with Crippen molar-refractivity contribution in [3.05, 3.63) is 65.5 Å². The van der Waals surface area contributed by atoms with E-state index in [9.17, 15) is 21.6 Å². The first-order valence-corrected chi connectivity index (χ1v) is 10.7. The predicted molar refractivity (Wildman–Crippen MR) is 102 cm³/mol. The van der Waals surface area contributed by atoms with E-state index in [2.05, 4.69) is 10.1 Å². The highest BCUT2D eigenvalue weighted by atomic mass is 32.2. The number of aromatic nitrogens is 2. The SMILES string of the molecule is Cc1cccc(S(=O)(=O)N2CCCC2c2nc(-c3cccc(C(F)(F)F)c3)no2)c1. The van der Waals surface area contributed by atoms with E-state index in [4.69, 9.17) is 4.52 Å². The van der Waals surface area contributed by atoms with Crippen LogP contribution in [0.4, 0.5) is 13.2 Å². The number of hydrogen-bond acceptors (Lipinski definition) is 5. The van der Waals surface area contributed by atoms with Gasteiger partial charge in [-0.25, -0.2) is 8.42 Å². The average molecular weight is 437 g/mol. The fourth-order valence-corrected chi connectivity index (χ4v) is 5.26. The summed E-state index contributed by atoms with van der Waals surface area (Å²) in [4.78, 5) is 4.38. The highest BCUT2D eigenvalue weighted by molar-refractivity contribution is 7.89. The Morgan fingerprint density at radius 3 is 2.63 bits per heavy atom. The zero-order valence-corrected chi connectivity index (χ0v) is 16.7. The van der Waals surface area contributed by atoms with E-state index in [1.54, 1.807) is 25.1 Å². The monoisotopic (exact) mass is 437 g/mol. The van der Waals surface area contributed by atoms with Crippen LogP contribution in [-0.2, 0) is 16.2 Å². The van der Waals surface area contributed by atoms with Gasteiger partial charge in [-0.1, -0.05) is 29.4 Å². The van der Waals surface area contributed by atoms with Crippen LogP contribution < -0.4 is 0 Å². The van der Waals surface area contributed by atoms with Gasteiger partial charge in [0.1, 0.15) is 6.04 Å². The van der Waals surface area contributed by atoms with Gasteiger partial charge in [0.05, 0.1) is 10.5 Å². The Balaban J connectivity index is 1.65. The molecule has 0 saturated carbocycles. The molecule has 4 rings (SSSR count). The maximum Gasteiger partial charge on any atom is 0.416 e. The minimum Gasteiger partial charge on any atom is -0.337 e. The minimum absolute atomic E-state index is 0.0177. The van der Waals surface area contributed by atoms with Crippen LogP contribution in [0.1, 0.15) is 35.9 Å². The molecule has 1 aromatic heterocycles. The second-order valence-corrected chi connectivity index (χ2v) is 9.02. The lowest BCUT2D eigenvalue weighted by atomic mass is 10.1. The summed E-state index contributed by atoms with van der Waals surface area (Å²) < 4.78 is 71.7. The number of benzene rings is 2. The fraction of sp³-hybridized carbons (Fsp3) is 0.300. The van der Waals surface area contributed by atoms with Crippen molar-refractivity contribution in [2.45, 2.75) is 36.9 Å². The van der Waals surface area contributed by atoms with E-state index in [0.717, 1.165) is 17.7 Å². The first-order valence-electron chi connectivity index (χ1n) is 9.26. The number of rotatable bonds is 4. The molecule has 0 bridgehead atoms. The van der Waals surface area contributed by atoms with Gasteiger partial charge in [0.15, 0.2) is 0 Å². The molecular weight excluding hydrogens is 419 g/mol. The van der Waals surface area contributed by atoms with Crippen molar-refractivity contribution in [1.29, 1.82) is 0 Å². The number of halogens is 3. The molecule has 1 aliphatic rings. The molecule has 10 heteroatoms. The maximum absolute atomic E-state index is 13.1. The lowest BCUT2D eigenvalue weighted by molar-refractivity contribution is -0.137. The van der Waals surface area contributed by atoms with E-state index in [1.165, 1.54) is 22.5 Å². The van der Waals surface area contributed by atoms with Gasteiger partial charge in [0.2, 0.25) is 21.7 Å². The molecule has 0 aliphatic carbocycles.